The Labute approximate surface area is 128 Å². The van der Waals surface area contributed by atoms with Crippen LogP contribution >= 0.6 is 0 Å². The molecule has 0 aliphatic rings. The monoisotopic (exact) mass is 294 g/mol. The minimum absolute atomic E-state index is 0.150. The van der Waals surface area contributed by atoms with Gasteiger partial charge in [0.05, 0.1) is 0 Å². The largest absolute Gasteiger partial charge is 0.360 e. The maximum absolute atomic E-state index is 12.0. The third-order valence-corrected chi connectivity index (χ3v) is 3.19. The molecule has 3 rings (SSSR count). The summed E-state index contributed by atoms with van der Waals surface area (Å²) in [7, 11) is 0. The topological polar surface area (TPSA) is 59.0 Å². The lowest BCUT2D eigenvalue weighted by atomic mass is 10.1. The smallest absolute Gasteiger partial charge is 0.291 e. The zero-order chi connectivity index (χ0) is 15.4. The molecule has 0 fully saturated rings. The van der Waals surface area contributed by atoms with Crippen molar-refractivity contribution in [2.24, 2.45) is 0 Å². The van der Waals surface area contributed by atoms with E-state index in [-0.39, 0.29) is 12.5 Å². The van der Waals surface area contributed by atoms with E-state index in [9.17, 15) is 4.79 Å². The van der Waals surface area contributed by atoms with Gasteiger partial charge in [0.1, 0.15) is 5.76 Å². The molecule has 0 saturated heterocycles. The Balaban J connectivity index is 1.71. The molecule has 0 saturated carbocycles. The van der Waals surface area contributed by atoms with Crippen LogP contribution in [0.3, 0.4) is 0 Å². The zero-order valence-corrected chi connectivity index (χ0v) is 12.2. The lowest BCUT2D eigenvalue weighted by molar-refractivity contribution is -0.683. The quantitative estimate of drug-likeness (QED) is 0.752. The Morgan fingerprint density at radius 2 is 1.95 bits per heavy atom. The van der Waals surface area contributed by atoms with Crippen LogP contribution in [0, 0.1) is 6.92 Å². The van der Waals surface area contributed by atoms with Crippen molar-refractivity contribution in [1.29, 1.82) is 0 Å². The highest BCUT2D eigenvalue weighted by Gasteiger charge is 2.12. The summed E-state index contributed by atoms with van der Waals surface area (Å²) in [6.45, 7) is 1.99. The van der Waals surface area contributed by atoms with Crippen molar-refractivity contribution >= 4 is 11.7 Å². The summed E-state index contributed by atoms with van der Waals surface area (Å²) in [5.41, 5.74) is 2.18. The van der Waals surface area contributed by atoms with Gasteiger partial charge in [0.25, 0.3) is 5.91 Å². The molecule has 110 valence electrons. The van der Waals surface area contributed by atoms with Gasteiger partial charge in [-0.15, -0.1) is 0 Å². The first kappa shape index (κ1) is 14.0. The van der Waals surface area contributed by atoms with Crippen LogP contribution in [0.1, 0.15) is 5.76 Å². The van der Waals surface area contributed by atoms with Gasteiger partial charge in [-0.2, -0.15) is 4.57 Å². The Bertz CT molecular complexity index is 781. The maximum Gasteiger partial charge on any atom is 0.291 e. The van der Waals surface area contributed by atoms with Crippen molar-refractivity contribution in [2.45, 2.75) is 13.5 Å². The van der Waals surface area contributed by atoms with Gasteiger partial charge in [-0.05, 0) is 18.6 Å². The minimum atomic E-state index is -0.150. The van der Waals surface area contributed by atoms with E-state index in [1.807, 2.05) is 59.4 Å². The molecule has 0 bridgehead atoms. The number of nitrogens with zero attached hydrogens (tertiary/aromatic N) is 2. The third-order valence-electron chi connectivity index (χ3n) is 3.19. The first-order valence-electron chi connectivity index (χ1n) is 6.98. The summed E-state index contributed by atoms with van der Waals surface area (Å²) in [6.07, 6.45) is 3.81. The number of aromatic nitrogens is 2. The Hall–Kier alpha value is -2.95. The summed E-state index contributed by atoms with van der Waals surface area (Å²) >= 11 is 0. The average Bonchev–Trinajstić information content (AvgIpc) is 2.93. The van der Waals surface area contributed by atoms with E-state index in [1.54, 1.807) is 13.0 Å². The lowest BCUT2D eigenvalue weighted by Crippen LogP contribution is -2.39. The van der Waals surface area contributed by atoms with Crippen LogP contribution in [0.4, 0.5) is 5.82 Å². The molecule has 5 nitrogen and oxygen atoms in total. The molecule has 22 heavy (non-hydrogen) atoms. The molecule has 1 N–H and O–H groups in total. The van der Waals surface area contributed by atoms with E-state index in [4.69, 9.17) is 4.52 Å². The number of benzene rings is 1. The predicted octanol–water partition coefficient (Wildman–Crippen LogP) is 2.58. The van der Waals surface area contributed by atoms with Crippen molar-refractivity contribution in [2.75, 3.05) is 5.32 Å². The predicted molar refractivity (Wildman–Crippen MR) is 81.9 cm³/mol. The first-order chi connectivity index (χ1) is 10.7. The molecule has 0 aliphatic carbocycles. The number of nitrogens with one attached hydrogen (secondary N) is 1. The highest BCUT2D eigenvalue weighted by atomic mass is 16.5. The zero-order valence-electron chi connectivity index (χ0n) is 12.2. The van der Waals surface area contributed by atoms with Gasteiger partial charge in [-0.3, -0.25) is 4.79 Å². The molecule has 2 aromatic heterocycles. The SMILES string of the molecule is Cc1cc(NC(=O)C[n+]2cccc(-c3ccccc3)c2)no1. The van der Waals surface area contributed by atoms with Crippen LogP contribution in [-0.4, -0.2) is 11.1 Å². The van der Waals surface area contributed by atoms with Crippen LogP contribution in [-0.2, 0) is 11.3 Å². The van der Waals surface area contributed by atoms with E-state index in [1.165, 1.54) is 0 Å². The lowest BCUT2D eigenvalue weighted by Gasteiger charge is -2.01. The number of amides is 1. The number of pyridine rings is 1. The maximum atomic E-state index is 12.0. The molecule has 3 aromatic rings. The molecular formula is C17H16N3O2+. The van der Waals surface area contributed by atoms with Crippen molar-refractivity contribution in [3.8, 4) is 11.1 Å². The number of carbonyl (C=O) groups excluding carboxylic acids is 1. The molecule has 5 heteroatoms. The fraction of sp³-hybridized carbons (Fsp3) is 0.118. The van der Waals surface area contributed by atoms with Crippen LogP contribution < -0.4 is 9.88 Å². The first-order valence-corrected chi connectivity index (χ1v) is 6.98. The molecular weight excluding hydrogens is 278 g/mol. The molecule has 1 aromatic carbocycles. The van der Waals surface area contributed by atoms with Gasteiger partial charge in [0, 0.05) is 17.7 Å². The second kappa shape index (κ2) is 6.22. The number of rotatable bonds is 4. The summed E-state index contributed by atoms with van der Waals surface area (Å²) in [5, 5.41) is 6.45. The fourth-order valence-corrected chi connectivity index (χ4v) is 2.20. The van der Waals surface area contributed by atoms with Gasteiger partial charge in [0.2, 0.25) is 6.54 Å². The summed E-state index contributed by atoms with van der Waals surface area (Å²) in [4.78, 5) is 12.0. The van der Waals surface area contributed by atoms with E-state index in [0.717, 1.165) is 11.1 Å². The Morgan fingerprint density at radius 1 is 1.18 bits per heavy atom. The van der Waals surface area contributed by atoms with Crippen molar-refractivity contribution in [3.63, 3.8) is 0 Å². The standard InChI is InChI=1S/C17H15N3O2/c1-13-10-16(19-22-13)18-17(21)12-20-9-5-8-15(11-20)14-6-3-2-4-7-14/h2-11H,12H2,1H3/p+1. The van der Waals surface area contributed by atoms with Crippen LogP contribution in [0.25, 0.3) is 11.1 Å². The molecule has 0 unspecified atom stereocenters. The summed E-state index contributed by atoms with van der Waals surface area (Å²) < 4.78 is 6.76. The molecule has 0 atom stereocenters. The second-order valence-corrected chi connectivity index (χ2v) is 5.00. The second-order valence-electron chi connectivity index (χ2n) is 5.00. The van der Waals surface area contributed by atoms with Gasteiger partial charge < -0.3 is 9.84 Å². The highest BCUT2D eigenvalue weighted by molar-refractivity contribution is 5.88. The van der Waals surface area contributed by atoms with Crippen LogP contribution in [0.2, 0.25) is 0 Å². The third kappa shape index (κ3) is 3.38. The van der Waals surface area contributed by atoms with E-state index in [0.29, 0.717) is 11.6 Å². The number of hydrogen-bond acceptors (Lipinski definition) is 3. The fourth-order valence-electron chi connectivity index (χ4n) is 2.20. The molecule has 2 heterocycles. The Kier molecular flexibility index (Phi) is 3.96. The highest BCUT2D eigenvalue weighted by Crippen LogP contribution is 2.16. The van der Waals surface area contributed by atoms with Gasteiger partial charge in [-0.1, -0.05) is 35.5 Å². The van der Waals surface area contributed by atoms with Gasteiger partial charge in [-0.25, -0.2) is 0 Å². The molecule has 0 aliphatic heterocycles. The van der Waals surface area contributed by atoms with Crippen molar-refractivity contribution in [1.82, 2.24) is 5.16 Å². The minimum Gasteiger partial charge on any atom is -0.360 e. The summed E-state index contributed by atoms with van der Waals surface area (Å²) in [5.74, 6) is 0.944. The molecule has 0 radical (unpaired) electrons. The van der Waals surface area contributed by atoms with Crippen molar-refractivity contribution < 1.29 is 13.9 Å². The van der Waals surface area contributed by atoms with Crippen molar-refractivity contribution in [3.05, 3.63) is 66.7 Å². The number of aryl methyl sites for hydroxylation is 1. The van der Waals surface area contributed by atoms with E-state index in [2.05, 4.69) is 10.5 Å². The normalized spacial score (nSPS) is 10.4. The molecule has 0 spiro atoms. The van der Waals surface area contributed by atoms with Gasteiger partial charge in [0.15, 0.2) is 18.2 Å². The Morgan fingerprint density at radius 3 is 2.68 bits per heavy atom. The van der Waals surface area contributed by atoms with Crippen LogP contribution in [0.5, 0.6) is 0 Å². The summed E-state index contributed by atoms with van der Waals surface area (Å²) in [6, 6.07) is 15.7. The van der Waals surface area contributed by atoms with Crippen LogP contribution in [0.15, 0.2) is 65.4 Å². The number of carbonyl (C=O) groups is 1. The average molecular weight is 294 g/mol. The van der Waals surface area contributed by atoms with E-state index >= 15 is 0 Å². The van der Waals surface area contributed by atoms with Gasteiger partial charge >= 0.3 is 0 Å². The van der Waals surface area contributed by atoms with E-state index < -0.39 is 0 Å². The molecule has 1 amide bonds. The number of anilines is 1. The number of hydrogen-bond donors (Lipinski definition) is 1.